The Hall–Kier alpha value is -0.740. The number of fused-ring (bicyclic) bond motifs is 1. The molecule has 14 heavy (non-hydrogen) atoms. The van der Waals surface area contributed by atoms with E-state index in [1.54, 1.807) is 0 Å². The van der Waals surface area contributed by atoms with Crippen LogP contribution < -0.4 is 0 Å². The van der Waals surface area contributed by atoms with Gasteiger partial charge in [0.05, 0.1) is 10.2 Å². The first kappa shape index (κ1) is 9.80. The van der Waals surface area contributed by atoms with E-state index < -0.39 is 7.60 Å². The summed E-state index contributed by atoms with van der Waals surface area (Å²) in [5, 5.41) is 0.486. The number of hydrogen-bond donors (Lipinski definition) is 2. The summed E-state index contributed by atoms with van der Waals surface area (Å²) < 4.78 is 11.7. The molecule has 74 valence electrons. The summed E-state index contributed by atoms with van der Waals surface area (Å²) in [5.74, 6) is 0. The van der Waals surface area contributed by atoms with Gasteiger partial charge in [-0.1, -0.05) is 12.1 Å². The molecule has 2 rings (SSSR count). The van der Waals surface area contributed by atoms with Crippen molar-refractivity contribution in [2.24, 2.45) is 0 Å². The molecule has 2 aromatic rings. The third-order valence-electron chi connectivity index (χ3n) is 1.68. The molecule has 0 fully saturated rings. The molecular formula is C8H8NO3PS. The van der Waals surface area contributed by atoms with Crippen LogP contribution in [0, 0.1) is 0 Å². The summed E-state index contributed by atoms with van der Waals surface area (Å²) in [7, 11) is -3.99. The Morgan fingerprint density at radius 3 is 2.71 bits per heavy atom. The minimum atomic E-state index is -3.99. The molecule has 0 aliphatic heterocycles. The standard InChI is InChI=1S/C8H8NO3PS/c10-13(11,12)5-8-9-6-3-1-2-4-7(6)14-8/h1-4H,5H2,(H2,10,11,12). The maximum absolute atomic E-state index is 10.7. The molecule has 0 saturated heterocycles. The predicted molar refractivity (Wildman–Crippen MR) is 55.4 cm³/mol. The van der Waals surface area contributed by atoms with Gasteiger partial charge in [0.15, 0.2) is 0 Å². The third-order valence-corrected chi connectivity index (χ3v) is 3.64. The zero-order valence-electron chi connectivity index (χ0n) is 7.12. The van der Waals surface area contributed by atoms with Crippen LogP contribution in [0.1, 0.15) is 5.01 Å². The monoisotopic (exact) mass is 229 g/mol. The smallest absolute Gasteiger partial charge is 0.324 e. The third kappa shape index (κ3) is 2.19. The molecule has 4 nitrogen and oxygen atoms in total. The summed E-state index contributed by atoms with van der Waals surface area (Å²) in [4.78, 5) is 21.7. The second-order valence-electron chi connectivity index (χ2n) is 2.90. The van der Waals surface area contributed by atoms with Crippen molar-refractivity contribution in [3.63, 3.8) is 0 Å². The lowest BCUT2D eigenvalue weighted by Gasteiger charge is -1.97. The number of thiazole rings is 1. The highest BCUT2D eigenvalue weighted by atomic mass is 32.1. The fourth-order valence-corrected chi connectivity index (χ4v) is 3.11. The van der Waals surface area contributed by atoms with Crippen LogP contribution in [0.15, 0.2) is 24.3 Å². The summed E-state index contributed by atoms with van der Waals surface area (Å²) in [6.45, 7) is 0. The predicted octanol–water partition coefficient (Wildman–Crippen LogP) is 1.97. The molecule has 1 heterocycles. The van der Waals surface area contributed by atoms with Crippen molar-refractivity contribution in [1.82, 2.24) is 4.98 Å². The van der Waals surface area contributed by atoms with Gasteiger partial charge in [0.2, 0.25) is 0 Å². The lowest BCUT2D eigenvalue weighted by atomic mass is 10.3. The Morgan fingerprint density at radius 2 is 2.07 bits per heavy atom. The minimum absolute atomic E-state index is 0.271. The first-order valence-corrected chi connectivity index (χ1v) is 6.55. The van der Waals surface area contributed by atoms with Gasteiger partial charge in [0.1, 0.15) is 11.2 Å². The first-order valence-electron chi connectivity index (χ1n) is 3.94. The first-order chi connectivity index (χ1) is 6.54. The Labute approximate surface area is 84.4 Å². The van der Waals surface area contributed by atoms with Gasteiger partial charge in [0, 0.05) is 0 Å². The van der Waals surface area contributed by atoms with Crippen molar-refractivity contribution in [3.05, 3.63) is 29.3 Å². The molecule has 0 aliphatic rings. The molecule has 0 bridgehead atoms. The van der Waals surface area contributed by atoms with E-state index in [-0.39, 0.29) is 6.16 Å². The molecule has 1 aromatic heterocycles. The molecule has 0 aliphatic carbocycles. The molecular weight excluding hydrogens is 221 g/mol. The largest absolute Gasteiger partial charge is 0.332 e. The van der Waals surface area contributed by atoms with E-state index in [1.807, 2.05) is 24.3 Å². The topological polar surface area (TPSA) is 70.4 Å². The van der Waals surface area contributed by atoms with Crippen molar-refractivity contribution in [1.29, 1.82) is 0 Å². The van der Waals surface area contributed by atoms with Crippen LogP contribution in [0.2, 0.25) is 0 Å². The van der Waals surface area contributed by atoms with E-state index in [2.05, 4.69) is 4.98 Å². The van der Waals surface area contributed by atoms with E-state index in [1.165, 1.54) is 11.3 Å². The molecule has 6 heteroatoms. The zero-order valence-corrected chi connectivity index (χ0v) is 8.83. The number of benzene rings is 1. The van der Waals surface area contributed by atoms with Gasteiger partial charge in [-0.3, -0.25) is 4.57 Å². The van der Waals surface area contributed by atoms with Crippen LogP contribution in [-0.2, 0) is 10.7 Å². The maximum atomic E-state index is 10.7. The molecule has 2 N–H and O–H groups in total. The van der Waals surface area contributed by atoms with Crippen LogP contribution in [0.25, 0.3) is 10.2 Å². The van der Waals surface area contributed by atoms with E-state index in [9.17, 15) is 4.57 Å². The number of para-hydroxylation sites is 1. The van der Waals surface area contributed by atoms with Crippen LogP contribution in [0.3, 0.4) is 0 Å². The average Bonchev–Trinajstić information content (AvgIpc) is 2.42. The van der Waals surface area contributed by atoms with Gasteiger partial charge in [-0.05, 0) is 12.1 Å². The number of aromatic nitrogens is 1. The van der Waals surface area contributed by atoms with Crippen LogP contribution in [0.4, 0.5) is 0 Å². The molecule has 0 spiro atoms. The van der Waals surface area contributed by atoms with E-state index >= 15 is 0 Å². The second-order valence-corrected chi connectivity index (χ2v) is 5.66. The molecule has 0 unspecified atom stereocenters. The zero-order chi connectivity index (χ0) is 10.2. The van der Waals surface area contributed by atoms with Crippen LogP contribution in [-0.4, -0.2) is 14.8 Å². The summed E-state index contributed by atoms with van der Waals surface area (Å²) >= 11 is 1.32. The van der Waals surface area contributed by atoms with Crippen molar-refractivity contribution in [2.45, 2.75) is 6.16 Å². The highest BCUT2D eigenvalue weighted by molar-refractivity contribution is 7.51. The lowest BCUT2D eigenvalue weighted by molar-refractivity contribution is 0.371. The Balaban J connectivity index is 2.41. The SMILES string of the molecule is O=P(O)(O)Cc1nc2ccccc2s1. The van der Waals surface area contributed by atoms with E-state index in [0.29, 0.717) is 5.01 Å². The van der Waals surface area contributed by atoms with Gasteiger partial charge in [0.25, 0.3) is 0 Å². The molecule has 0 radical (unpaired) electrons. The number of nitrogens with zero attached hydrogens (tertiary/aromatic N) is 1. The molecule has 0 saturated carbocycles. The normalized spacial score (nSPS) is 12.1. The van der Waals surface area contributed by atoms with Crippen LogP contribution in [0.5, 0.6) is 0 Å². The number of rotatable bonds is 2. The van der Waals surface area contributed by atoms with Gasteiger partial charge in [-0.2, -0.15) is 0 Å². The fourth-order valence-electron chi connectivity index (χ4n) is 1.16. The van der Waals surface area contributed by atoms with Gasteiger partial charge < -0.3 is 9.79 Å². The highest BCUT2D eigenvalue weighted by Crippen LogP contribution is 2.40. The van der Waals surface area contributed by atoms with Crippen LogP contribution >= 0.6 is 18.9 Å². The minimum Gasteiger partial charge on any atom is -0.324 e. The lowest BCUT2D eigenvalue weighted by Crippen LogP contribution is -1.84. The summed E-state index contributed by atoms with van der Waals surface area (Å²) in [6, 6.07) is 7.44. The van der Waals surface area contributed by atoms with Crippen molar-refractivity contribution >= 4 is 29.1 Å². The second kappa shape index (κ2) is 3.44. The van der Waals surface area contributed by atoms with Gasteiger partial charge in [-0.15, -0.1) is 11.3 Å². The van der Waals surface area contributed by atoms with Crippen molar-refractivity contribution in [2.75, 3.05) is 0 Å². The van der Waals surface area contributed by atoms with E-state index in [0.717, 1.165) is 10.2 Å². The Morgan fingerprint density at radius 1 is 1.36 bits per heavy atom. The van der Waals surface area contributed by atoms with Gasteiger partial charge >= 0.3 is 7.60 Å². The maximum Gasteiger partial charge on any atom is 0.332 e. The Kier molecular flexibility index (Phi) is 2.41. The quantitative estimate of drug-likeness (QED) is 0.772. The average molecular weight is 229 g/mol. The van der Waals surface area contributed by atoms with Crippen molar-refractivity contribution in [3.8, 4) is 0 Å². The molecule has 0 atom stereocenters. The van der Waals surface area contributed by atoms with E-state index in [4.69, 9.17) is 9.79 Å². The molecule has 0 amide bonds. The summed E-state index contributed by atoms with van der Waals surface area (Å²) in [5.41, 5.74) is 0.793. The summed E-state index contributed by atoms with van der Waals surface area (Å²) in [6.07, 6.45) is -0.271. The Bertz CT molecular complexity index is 471. The highest BCUT2D eigenvalue weighted by Gasteiger charge is 2.16. The molecule has 1 aromatic carbocycles. The van der Waals surface area contributed by atoms with Crippen molar-refractivity contribution < 1.29 is 14.4 Å². The fraction of sp³-hybridized carbons (Fsp3) is 0.125. The number of hydrogen-bond acceptors (Lipinski definition) is 3. The van der Waals surface area contributed by atoms with Gasteiger partial charge in [-0.25, -0.2) is 4.98 Å².